The fourth-order valence-electron chi connectivity index (χ4n) is 3.64. The predicted molar refractivity (Wildman–Crippen MR) is 116 cm³/mol. The van der Waals surface area contributed by atoms with Crippen LogP contribution < -0.4 is 0 Å². The molecule has 2 aromatic carbocycles. The average Bonchev–Trinajstić information content (AvgIpc) is 3.28. The summed E-state index contributed by atoms with van der Waals surface area (Å²) in [6, 6.07) is 16.1. The maximum Gasteiger partial charge on any atom is 0.338 e. The number of sulfonamides is 1. The molecule has 3 aromatic rings. The van der Waals surface area contributed by atoms with Gasteiger partial charge in [0.1, 0.15) is 12.3 Å². The van der Waals surface area contributed by atoms with E-state index in [-0.39, 0.29) is 17.1 Å². The third kappa shape index (κ3) is 4.70. The minimum absolute atomic E-state index is 0.000746. The van der Waals surface area contributed by atoms with Crippen molar-refractivity contribution in [1.29, 1.82) is 0 Å². The van der Waals surface area contributed by atoms with Crippen molar-refractivity contribution in [2.24, 2.45) is 0 Å². The lowest BCUT2D eigenvalue weighted by atomic mass is 10.1. The zero-order valence-electron chi connectivity index (χ0n) is 17.4. The number of nitrogens with zero attached hydrogens (tertiary/aromatic N) is 3. The largest absolute Gasteiger partial charge is 0.456 e. The van der Waals surface area contributed by atoms with Gasteiger partial charge < -0.3 is 4.74 Å². The molecular weight excluding hydrogens is 414 g/mol. The van der Waals surface area contributed by atoms with Crippen LogP contribution >= 0.6 is 0 Å². The topological polar surface area (TPSA) is 81.5 Å². The Balaban J connectivity index is 1.47. The molecule has 1 aliphatic rings. The molecule has 0 amide bonds. The summed E-state index contributed by atoms with van der Waals surface area (Å²) >= 11 is 0. The number of aryl methyl sites for hydroxylation is 1. The standard InChI is InChI=1S/C23H25N3O4S/c1-18-10-11-19(16-22(18)31(28,29)25-13-6-3-7-14-25)23(27)30-17-20-12-15-26(24-20)21-8-4-2-5-9-21/h2,4-5,8-12,15-16H,3,6-7,13-14,17H2,1H3. The minimum atomic E-state index is -3.63. The lowest BCUT2D eigenvalue weighted by Crippen LogP contribution is -2.36. The van der Waals surface area contributed by atoms with E-state index in [1.807, 2.05) is 30.3 Å². The number of esters is 1. The number of benzene rings is 2. The van der Waals surface area contributed by atoms with Gasteiger partial charge in [-0.2, -0.15) is 9.40 Å². The summed E-state index contributed by atoms with van der Waals surface area (Å²) in [7, 11) is -3.63. The Bertz CT molecular complexity index is 1170. The van der Waals surface area contributed by atoms with Gasteiger partial charge in [0.05, 0.1) is 16.1 Å². The number of carbonyl (C=O) groups excluding carboxylic acids is 1. The van der Waals surface area contributed by atoms with Gasteiger partial charge in [0, 0.05) is 19.3 Å². The molecule has 1 aromatic heterocycles. The van der Waals surface area contributed by atoms with Crippen molar-refractivity contribution in [3.8, 4) is 5.69 Å². The maximum atomic E-state index is 13.1. The molecule has 1 saturated heterocycles. The molecule has 0 aliphatic carbocycles. The summed E-state index contributed by atoms with van der Waals surface area (Å²) in [6.45, 7) is 2.77. The van der Waals surface area contributed by atoms with Gasteiger partial charge >= 0.3 is 5.97 Å². The van der Waals surface area contributed by atoms with Gasteiger partial charge in [-0.15, -0.1) is 0 Å². The number of hydrogen-bond donors (Lipinski definition) is 0. The zero-order chi connectivity index (χ0) is 21.8. The second kappa shape index (κ2) is 9.03. The minimum Gasteiger partial charge on any atom is -0.456 e. The van der Waals surface area contributed by atoms with Crippen LogP contribution in [0.25, 0.3) is 5.69 Å². The van der Waals surface area contributed by atoms with Crippen molar-refractivity contribution in [2.75, 3.05) is 13.1 Å². The van der Waals surface area contributed by atoms with Gasteiger partial charge in [0.15, 0.2) is 0 Å². The van der Waals surface area contributed by atoms with E-state index >= 15 is 0 Å². The van der Waals surface area contributed by atoms with Crippen molar-refractivity contribution in [3.05, 3.63) is 77.6 Å². The summed E-state index contributed by atoms with van der Waals surface area (Å²) in [5.41, 5.74) is 2.34. The number of rotatable bonds is 6. The first-order valence-corrected chi connectivity index (χ1v) is 11.8. The first-order valence-electron chi connectivity index (χ1n) is 10.3. The van der Waals surface area contributed by atoms with Crippen molar-refractivity contribution < 1.29 is 17.9 Å². The number of ether oxygens (including phenoxy) is 1. The van der Waals surface area contributed by atoms with Gasteiger partial charge in [-0.05, 0) is 55.7 Å². The summed E-state index contributed by atoms with van der Waals surface area (Å²) < 4.78 is 34.7. The second-order valence-electron chi connectivity index (χ2n) is 7.61. The summed E-state index contributed by atoms with van der Waals surface area (Å²) in [4.78, 5) is 12.8. The molecule has 8 heteroatoms. The number of aromatic nitrogens is 2. The number of para-hydroxylation sites is 1. The summed E-state index contributed by atoms with van der Waals surface area (Å²) in [5.74, 6) is -0.579. The van der Waals surface area contributed by atoms with E-state index in [1.165, 1.54) is 10.4 Å². The van der Waals surface area contributed by atoms with Crippen molar-refractivity contribution >= 4 is 16.0 Å². The highest BCUT2D eigenvalue weighted by atomic mass is 32.2. The molecule has 31 heavy (non-hydrogen) atoms. The molecule has 0 bridgehead atoms. The number of hydrogen-bond acceptors (Lipinski definition) is 5. The van der Waals surface area contributed by atoms with E-state index in [4.69, 9.17) is 4.74 Å². The average molecular weight is 440 g/mol. The van der Waals surface area contributed by atoms with Crippen LogP contribution in [-0.2, 0) is 21.4 Å². The predicted octanol–water partition coefficient (Wildman–Crippen LogP) is 3.71. The molecule has 1 fully saturated rings. The molecule has 2 heterocycles. The Morgan fingerprint density at radius 1 is 1.03 bits per heavy atom. The van der Waals surface area contributed by atoms with E-state index in [9.17, 15) is 13.2 Å². The van der Waals surface area contributed by atoms with Gasteiger partial charge in [-0.25, -0.2) is 17.9 Å². The molecule has 0 N–H and O–H groups in total. The molecule has 1 aliphatic heterocycles. The van der Waals surface area contributed by atoms with Crippen molar-refractivity contribution in [3.63, 3.8) is 0 Å². The molecule has 7 nitrogen and oxygen atoms in total. The van der Waals surface area contributed by atoms with E-state index < -0.39 is 16.0 Å². The SMILES string of the molecule is Cc1ccc(C(=O)OCc2ccn(-c3ccccc3)n2)cc1S(=O)(=O)N1CCCCC1. The molecule has 162 valence electrons. The highest BCUT2D eigenvalue weighted by molar-refractivity contribution is 7.89. The Kier molecular flexibility index (Phi) is 6.20. The van der Waals surface area contributed by atoms with Gasteiger partial charge in [0.25, 0.3) is 0 Å². The van der Waals surface area contributed by atoms with Crippen LogP contribution in [-0.4, -0.2) is 41.6 Å². The fraction of sp³-hybridized carbons (Fsp3) is 0.304. The van der Waals surface area contributed by atoms with Crippen LogP contribution in [0.15, 0.2) is 65.7 Å². The molecule has 4 rings (SSSR count). The first-order chi connectivity index (χ1) is 14.9. The van der Waals surface area contributed by atoms with Crippen molar-refractivity contribution in [1.82, 2.24) is 14.1 Å². The molecule has 0 atom stereocenters. The van der Waals surface area contributed by atoms with E-state index in [1.54, 1.807) is 36.0 Å². The van der Waals surface area contributed by atoms with Crippen LogP contribution in [0.4, 0.5) is 0 Å². The second-order valence-corrected chi connectivity index (χ2v) is 9.51. The van der Waals surface area contributed by atoms with Crippen molar-refractivity contribution in [2.45, 2.75) is 37.7 Å². The molecular formula is C23H25N3O4S. The quantitative estimate of drug-likeness (QED) is 0.547. The first kappa shape index (κ1) is 21.3. The van der Waals surface area contributed by atoms with E-state index in [0.717, 1.165) is 24.9 Å². The number of piperidine rings is 1. The summed E-state index contributed by atoms with van der Waals surface area (Å²) in [5, 5.41) is 4.42. The third-order valence-corrected chi connectivity index (χ3v) is 7.41. The fourth-order valence-corrected chi connectivity index (χ4v) is 5.40. The lowest BCUT2D eigenvalue weighted by molar-refractivity contribution is 0.0467. The van der Waals surface area contributed by atoms with Crippen LogP contribution in [0, 0.1) is 6.92 Å². The Morgan fingerprint density at radius 3 is 2.52 bits per heavy atom. The lowest BCUT2D eigenvalue weighted by Gasteiger charge is -2.26. The van der Waals surface area contributed by atoms with Gasteiger partial charge in [-0.3, -0.25) is 0 Å². The van der Waals surface area contributed by atoms with E-state index in [0.29, 0.717) is 24.3 Å². The highest BCUT2D eigenvalue weighted by Gasteiger charge is 2.28. The van der Waals surface area contributed by atoms with E-state index in [2.05, 4.69) is 5.10 Å². The zero-order valence-corrected chi connectivity index (χ0v) is 18.2. The molecule has 0 radical (unpaired) electrons. The van der Waals surface area contributed by atoms with Crippen LogP contribution in [0.1, 0.15) is 40.9 Å². The Labute approximate surface area is 182 Å². The maximum absolute atomic E-state index is 13.1. The van der Waals surface area contributed by atoms with Crippen LogP contribution in [0.3, 0.4) is 0 Å². The smallest absolute Gasteiger partial charge is 0.338 e. The Morgan fingerprint density at radius 2 is 1.77 bits per heavy atom. The normalized spacial score (nSPS) is 15.0. The highest BCUT2D eigenvalue weighted by Crippen LogP contribution is 2.24. The monoisotopic (exact) mass is 439 g/mol. The van der Waals surface area contributed by atoms with Crippen LogP contribution in [0.2, 0.25) is 0 Å². The third-order valence-electron chi connectivity index (χ3n) is 5.37. The molecule has 0 saturated carbocycles. The van der Waals surface area contributed by atoms with Gasteiger partial charge in [-0.1, -0.05) is 30.7 Å². The number of carbonyl (C=O) groups is 1. The molecule has 0 spiro atoms. The Hall–Kier alpha value is -2.97. The van der Waals surface area contributed by atoms with Crippen LogP contribution in [0.5, 0.6) is 0 Å². The van der Waals surface area contributed by atoms with Gasteiger partial charge in [0.2, 0.25) is 10.0 Å². The molecule has 0 unspecified atom stereocenters. The summed E-state index contributed by atoms with van der Waals surface area (Å²) in [6.07, 6.45) is 4.55.